The molecule has 0 spiro atoms. The van der Waals surface area contributed by atoms with Crippen LogP contribution in [0.2, 0.25) is 0 Å². The van der Waals surface area contributed by atoms with Crippen molar-refractivity contribution in [2.24, 2.45) is 17.6 Å². The molecule has 50 heavy (non-hydrogen) atoms. The maximum absolute atomic E-state index is 12.7. The summed E-state index contributed by atoms with van der Waals surface area (Å²) in [7, 11) is 2.66. The van der Waals surface area contributed by atoms with E-state index in [1.807, 2.05) is 26.8 Å². The van der Waals surface area contributed by atoms with Gasteiger partial charge < -0.3 is 24.7 Å². The molecule has 3 rings (SSSR count). The maximum Gasteiger partial charge on any atom is 0.411 e. The number of likely N-dealkylation sites (tertiary alicyclic amines) is 3. The second-order valence-electron chi connectivity index (χ2n) is 14.6. The third-order valence-electron chi connectivity index (χ3n) is 8.46. The Labute approximate surface area is 317 Å². The molecule has 3 fully saturated rings. The molecule has 2 amide bonds. The van der Waals surface area contributed by atoms with E-state index in [0.29, 0.717) is 19.4 Å². The fourth-order valence-electron chi connectivity index (χ4n) is 6.32. The molecule has 3 heterocycles. The van der Waals surface area contributed by atoms with Crippen LogP contribution in [0, 0.1) is 11.8 Å². The van der Waals surface area contributed by atoms with E-state index in [2.05, 4.69) is 49.9 Å². The first-order valence-corrected chi connectivity index (χ1v) is 19.6. The molecular weight excluding hydrogens is 776 g/mol. The van der Waals surface area contributed by atoms with Gasteiger partial charge in [-0.05, 0) is 93.2 Å². The molecule has 0 unspecified atom stereocenters. The number of ether oxygens (including phenoxy) is 4. The number of hydrogen-bond acceptors (Lipinski definition) is 10. The van der Waals surface area contributed by atoms with Gasteiger partial charge in [-0.15, -0.1) is 13.2 Å². The number of hydrogen-bond donors (Lipinski definition) is 1. The fraction of sp³-hybridized carbons (Fsp3) is 0.778. The third kappa shape index (κ3) is 14.5. The quantitative estimate of drug-likeness (QED) is 0.0878. The molecule has 0 aromatic heterocycles. The molecule has 0 aromatic rings. The van der Waals surface area contributed by atoms with E-state index in [1.54, 1.807) is 31.7 Å². The molecule has 3 aliphatic heterocycles. The van der Waals surface area contributed by atoms with Crippen LogP contribution in [0.4, 0.5) is 9.59 Å². The summed E-state index contributed by atoms with van der Waals surface area (Å²) in [4.78, 5) is 54.5. The molecule has 288 valence electrons. The normalized spacial score (nSPS) is 25.0. The van der Waals surface area contributed by atoms with Crippen molar-refractivity contribution in [3.05, 3.63) is 25.3 Å². The predicted molar refractivity (Wildman–Crippen MR) is 203 cm³/mol. The van der Waals surface area contributed by atoms with Crippen LogP contribution in [0.1, 0.15) is 80.1 Å². The largest absolute Gasteiger partial charge is 0.467 e. The average molecular weight is 839 g/mol. The first-order chi connectivity index (χ1) is 23.4. The number of carbonyl (C=O) groups is 4. The second kappa shape index (κ2) is 22.0. The zero-order valence-electron chi connectivity index (χ0n) is 31.5. The number of methoxy groups -OCH3 is 2. The standard InChI is InChI=1S/C18H30N2O4.C14H24N2O4.C4H8Br2/c1-6-9-13-14(19-10-7-8-11-19)12-20(15(13)16(21)23-5)17(22)24-18(2,3)4;1-6-7-9-10(15)8-16(11(9)12(17)19-5)13(18)20-14(2,3)4;5-3-1-2-4-6/h6,13-15H,1,7-12H2,2-5H3;6,9-11H,1,7-8,15H2,2-5H3;1-4H2/t13-,14+,15+;9-,10+,11+;/m11./s1. The fourth-order valence-corrected chi connectivity index (χ4v) is 7.11. The van der Waals surface area contributed by atoms with Gasteiger partial charge in [0.15, 0.2) is 0 Å². The summed E-state index contributed by atoms with van der Waals surface area (Å²) in [5.41, 5.74) is 4.81. The Morgan fingerprint density at radius 1 is 0.740 bits per heavy atom. The van der Waals surface area contributed by atoms with Crippen molar-refractivity contribution >= 4 is 56.0 Å². The van der Waals surface area contributed by atoms with E-state index in [1.165, 1.54) is 32.0 Å². The van der Waals surface area contributed by atoms with Crippen LogP contribution < -0.4 is 5.73 Å². The van der Waals surface area contributed by atoms with E-state index in [0.717, 1.165) is 36.6 Å². The van der Waals surface area contributed by atoms with Gasteiger partial charge in [-0.2, -0.15) is 0 Å². The van der Waals surface area contributed by atoms with Crippen LogP contribution in [0.25, 0.3) is 0 Å². The molecule has 14 heteroatoms. The van der Waals surface area contributed by atoms with Gasteiger partial charge in [-0.1, -0.05) is 44.0 Å². The molecule has 0 radical (unpaired) electrons. The molecule has 0 bridgehead atoms. The number of amides is 2. The Bertz CT molecular complexity index is 1100. The van der Waals surface area contributed by atoms with Crippen molar-refractivity contribution in [2.45, 2.75) is 115 Å². The number of rotatable bonds is 10. The van der Waals surface area contributed by atoms with Gasteiger partial charge in [0.25, 0.3) is 0 Å². The monoisotopic (exact) mass is 836 g/mol. The van der Waals surface area contributed by atoms with Crippen molar-refractivity contribution < 1.29 is 38.1 Å². The van der Waals surface area contributed by atoms with Crippen molar-refractivity contribution in [3.63, 3.8) is 0 Å². The summed E-state index contributed by atoms with van der Waals surface area (Å²) in [5, 5.41) is 2.28. The number of unbranched alkanes of at least 4 members (excludes halogenated alkanes) is 1. The zero-order valence-corrected chi connectivity index (χ0v) is 34.6. The van der Waals surface area contributed by atoms with Gasteiger partial charge in [-0.3, -0.25) is 14.7 Å². The zero-order chi connectivity index (χ0) is 38.2. The van der Waals surface area contributed by atoms with Crippen LogP contribution in [0.3, 0.4) is 0 Å². The summed E-state index contributed by atoms with van der Waals surface area (Å²) >= 11 is 6.66. The number of esters is 2. The maximum atomic E-state index is 12.7. The Morgan fingerprint density at radius 2 is 1.14 bits per heavy atom. The summed E-state index contributed by atoms with van der Waals surface area (Å²) in [6.07, 6.45) is 8.61. The number of alkyl halides is 2. The summed E-state index contributed by atoms with van der Waals surface area (Å²) in [6.45, 7) is 21.1. The lowest BCUT2D eigenvalue weighted by Crippen LogP contribution is -2.46. The van der Waals surface area contributed by atoms with Gasteiger partial charge in [0.1, 0.15) is 23.3 Å². The number of nitrogens with zero attached hydrogens (tertiary/aromatic N) is 3. The third-order valence-corrected chi connectivity index (χ3v) is 9.59. The summed E-state index contributed by atoms with van der Waals surface area (Å²) < 4.78 is 20.6. The lowest BCUT2D eigenvalue weighted by molar-refractivity contribution is -0.147. The van der Waals surface area contributed by atoms with Crippen LogP contribution in [0.15, 0.2) is 25.3 Å². The molecule has 3 saturated heterocycles. The van der Waals surface area contributed by atoms with Crippen molar-refractivity contribution in [1.82, 2.24) is 14.7 Å². The molecule has 2 N–H and O–H groups in total. The van der Waals surface area contributed by atoms with Crippen LogP contribution in [-0.4, -0.2) is 125 Å². The van der Waals surface area contributed by atoms with E-state index in [-0.39, 0.29) is 36.4 Å². The topological polar surface area (TPSA) is 141 Å². The van der Waals surface area contributed by atoms with Gasteiger partial charge in [-0.25, -0.2) is 19.2 Å². The van der Waals surface area contributed by atoms with Gasteiger partial charge in [0.05, 0.1) is 14.2 Å². The average Bonchev–Trinajstić information content (AvgIpc) is 3.77. The molecule has 0 saturated carbocycles. The van der Waals surface area contributed by atoms with E-state index in [4.69, 9.17) is 24.7 Å². The lowest BCUT2D eigenvalue weighted by Gasteiger charge is -2.29. The number of nitrogens with two attached hydrogens (primary N) is 1. The highest BCUT2D eigenvalue weighted by atomic mass is 79.9. The van der Waals surface area contributed by atoms with Gasteiger partial charge in [0, 0.05) is 47.7 Å². The Hall–Kier alpha value is -2.16. The number of carbonyl (C=O) groups excluding carboxylic acids is 4. The van der Waals surface area contributed by atoms with E-state index < -0.39 is 41.4 Å². The minimum atomic E-state index is -0.720. The number of allylic oxidation sites excluding steroid dienone is 2. The Kier molecular flexibility index (Phi) is 20.2. The molecular formula is C36H62Br2N4O8. The first-order valence-electron chi connectivity index (χ1n) is 17.4. The highest BCUT2D eigenvalue weighted by Gasteiger charge is 2.51. The van der Waals surface area contributed by atoms with E-state index in [9.17, 15) is 19.2 Å². The molecule has 12 nitrogen and oxygen atoms in total. The minimum absolute atomic E-state index is 0.0134. The van der Waals surface area contributed by atoms with Crippen LogP contribution >= 0.6 is 31.9 Å². The van der Waals surface area contributed by atoms with Crippen molar-refractivity contribution in [3.8, 4) is 0 Å². The molecule has 3 aliphatic rings. The van der Waals surface area contributed by atoms with Crippen molar-refractivity contribution in [2.75, 3.05) is 51.1 Å². The Balaban J connectivity index is 0.000000435. The SMILES string of the molecule is BrCCCCBr.C=CC[C@H]1[C@@H](C(=O)OC)N(C(=O)OC(C)(C)C)C[C@@H]1N.C=CC[C@H]1[C@@H](C(=O)OC)N(C(=O)OC(C)(C)C)C[C@@H]1N1CCCC1. The van der Waals surface area contributed by atoms with E-state index >= 15 is 0 Å². The lowest BCUT2D eigenvalue weighted by atomic mass is 9.91. The van der Waals surface area contributed by atoms with Gasteiger partial charge >= 0.3 is 24.1 Å². The predicted octanol–water partition coefficient (Wildman–Crippen LogP) is 6.29. The summed E-state index contributed by atoms with van der Waals surface area (Å²) in [5.74, 6) is -1.07. The van der Waals surface area contributed by atoms with Crippen molar-refractivity contribution in [1.29, 1.82) is 0 Å². The summed E-state index contributed by atoms with van der Waals surface area (Å²) in [6, 6.07) is -1.50. The molecule has 0 aliphatic carbocycles. The molecule has 0 aromatic carbocycles. The van der Waals surface area contributed by atoms with Crippen LogP contribution in [-0.2, 0) is 28.5 Å². The highest BCUT2D eigenvalue weighted by molar-refractivity contribution is 9.09. The van der Waals surface area contributed by atoms with Gasteiger partial charge in [0.2, 0.25) is 0 Å². The Morgan fingerprint density at radius 3 is 1.52 bits per heavy atom. The molecule has 6 atom stereocenters. The van der Waals surface area contributed by atoms with Crippen LogP contribution in [0.5, 0.6) is 0 Å². The smallest absolute Gasteiger partial charge is 0.411 e. The minimum Gasteiger partial charge on any atom is -0.467 e. The first kappa shape index (κ1) is 45.9. The second-order valence-corrected chi connectivity index (χ2v) is 16.2. The number of halogens is 2. The highest BCUT2D eigenvalue weighted by Crippen LogP contribution is 2.35.